The minimum atomic E-state index is -0.360. The summed E-state index contributed by atoms with van der Waals surface area (Å²) in [6.45, 7) is 5.29. The zero-order valence-corrected chi connectivity index (χ0v) is 17.0. The summed E-state index contributed by atoms with van der Waals surface area (Å²) in [6.07, 6.45) is 4.19. The number of anilines is 2. The second kappa shape index (κ2) is 8.51. The van der Waals surface area contributed by atoms with Crippen molar-refractivity contribution in [1.82, 2.24) is 14.8 Å². The number of hydrogen-bond acceptors (Lipinski definition) is 7. The van der Waals surface area contributed by atoms with Gasteiger partial charge >= 0.3 is 5.97 Å². The van der Waals surface area contributed by atoms with Gasteiger partial charge in [0.05, 0.1) is 24.1 Å². The van der Waals surface area contributed by atoms with Crippen LogP contribution in [0.2, 0.25) is 0 Å². The molecule has 0 unspecified atom stereocenters. The Bertz CT molecular complexity index is 868. The van der Waals surface area contributed by atoms with E-state index in [2.05, 4.69) is 35.8 Å². The lowest BCUT2D eigenvalue weighted by molar-refractivity contribution is 0.0526. The molecule has 1 aliphatic heterocycles. The number of carbonyl (C=O) groups excluding carboxylic acids is 1. The van der Waals surface area contributed by atoms with Gasteiger partial charge in [0, 0.05) is 39.4 Å². The number of rotatable bonds is 4. The van der Waals surface area contributed by atoms with Crippen LogP contribution in [0.4, 0.5) is 11.5 Å². The first kappa shape index (κ1) is 19.3. The van der Waals surface area contributed by atoms with Gasteiger partial charge in [0.1, 0.15) is 10.3 Å². The third-order valence-corrected chi connectivity index (χ3v) is 5.22. The minimum Gasteiger partial charge on any atom is -0.462 e. The average molecular weight is 436 g/mol. The Morgan fingerprint density at radius 3 is 2.63 bits per heavy atom. The number of aryl methyl sites for hydroxylation is 1. The van der Waals surface area contributed by atoms with Crippen molar-refractivity contribution in [3.05, 3.63) is 44.9 Å². The van der Waals surface area contributed by atoms with Crippen LogP contribution in [0.3, 0.4) is 0 Å². The number of carbonyl (C=O) groups is 1. The summed E-state index contributed by atoms with van der Waals surface area (Å²) < 4.78 is 6.83. The second-order valence-electron chi connectivity index (χ2n) is 6.23. The van der Waals surface area contributed by atoms with Gasteiger partial charge in [0.15, 0.2) is 0 Å². The van der Waals surface area contributed by atoms with Gasteiger partial charge in [-0.3, -0.25) is 4.79 Å². The summed E-state index contributed by atoms with van der Waals surface area (Å²) in [7, 11) is 1.63. The summed E-state index contributed by atoms with van der Waals surface area (Å²) in [5, 5.41) is 4.13. The normalized spacial score (nSPS) is 14.8. The van der Waals surface area contributed by atoms with Gasteiger partial charge in [-0.05, 0) is 41.4 Å². The number of esters is 1. The molecule has 0 bridgehead atoms. The highest BCUT2D eigenvalue weighted by Crippen LogP contribution is 2.24. The molecule has 0 atom stereocenters. The fourth-order valence-electron chi connectivity index (χ4n) is 3.02. The maximum atomic E-state index is 12.1. The molecule has 9 heteroatoms. The van der Waals surface area contributed by atoms with Crippen molar-refractivity contribution in [2.75, 3.05) is 42.6 Å². The van der Waals surface area contributed by atoms with Gasteiger partial charge in [0.2, 0.25) is 0 Å². The Balaban J connectivity index is 1.71. The SMILES string of the molecule is CCOC(=O)c1ccc(N2CCCN(c3cnn(C)c(=O)c3Br)CC2)nc1. The lowest BCUT2D eigenvalue weighted by atomic mass is 10.2. The molecule has 8 nitrogen and oxygen atoms in total. The largest absolute Gasteiger partial charge is 0.462 e. The first-order chi connectivity index (χ1) is 13.0. The Morgan fingerprint density at radius 2 is 1.93 bits per heavy atom. The van der Waals surface area contributed by atoms with Crippen molar-refractivity contribution in [2.24, 2.45) is 7.05 Å². The molecule has 0 radical (unpaired) electrons. The van der Waals surface area contributed by atoms with E-state index in [1.54, 1.807) is 32.4 Å². The fraction of sp³-hybridized carbons (Fsp3) is 0.444. The molecule has 0 saturated carbocycles. The highest BCUT2D eigenvalue weighted by atomic mass is 79.9. The van der Waals surface area contributed by atoms with E-state index < -0.39 is 0 Å². The van der Waals surface area contributed by atoms with Crippen LogP contribution >= 0.6 is 15.9 Å². The minimum absolute atomic E-state index is 0.148. The molecule has 1 fully saturated rings. The zero-order chi connectivity index (χ0) is 19.4. The number of hydrogen-bond donors (Lipinski definition) is 0. The van der Waals surface area contributed by atoms with Crippen LogP contribution < -0.4 is 15.4 Å². The van der Waals surface area contributed by atoms with E-state index in [1.807, 2.05) is 6.07 Å². The van der Waals surface area contributed by atoms with Crippen molar-refractivity contribution in [3.8, 4) is 0 Å². The predicted molar refractivity (Wildman–Crippen MR) is 106 cm³/mol. The Morgan fingerprint density at radius 1 is 1.19 bits per heavy atom. The Hall–Kier alpha value is -2.42. The van der Waals surface area contributed by atoms with Crippen molar-refractivity contribution < 1.29 is 9.53 Å². The van der Waals surface area contributed by atoms with Gasteiger partial charge in [-0.15, -0.1) is 0 Å². The molecule has 0 aliphatic carbocycles. The van der Waals surface area contributed by atoms with E-state index in [9.17, 15) is 9.59 Å². The van der Waals surface area contributed by atoms with Gasteiger partial charge in [-0.1, -0.05) is 0 Å². The first-order valence-electron chi connectivity index (χ1n) is 8.86. The van der Waals surface area contributed by atoms with Crippen molar-refractivity contribution in [3.63, 3.8) is 0 Å². The van der Waals surface area contributed by atoms with E-state index in [4.69, 9.17) is 4.74 Å². The molecule has 27 heavy (non-hydrogen) atoms. The fourth-order valence-corrected chi connectivity index (χ4v) is 3.63. The van der Waals surface area contributed by atoms with Gasteiger partial charge < -0.3 is 14.5 Å². The molecule has 2 aromatic rings. The number of halogens is 1. The highest BCUT2D eigenvalue weighted by molar-refractivity contribution is 9.10. The van der Waals surface area contributed by atoms with Crippen LogP contribution in [0, 0.1) is 0 Å². The van der Waals surface area contributed by atoms with Gasteiger partial charge in [0.25, 0.3) is 5.56 Å². The molecule has 0 N–H and O–H groups in total. The van der Waals surface area contributed by atoms with E-state index in [0.717, 1.165) is 44.1 Å². The maximum absolute atomic E-state index is 12.1. The van der Waals surface area contributed by atoms with Crippen molar-refractivity contribution >= 4 is 33.4 Å². The summed E-state index contributed by atoms with van der Waals surface area (Å²) in [4.78, 5) is 32.6. The standard InChI is InChI=1S/C18H22BrN5O3/c1-3-27-18(26)13-5-6-15(20-11-13)24-8-4-7-23(9-10-24)14-12-21-22(2)17(25)16(14)19/h5-6,11-12H,3-4,7-10H2,1-2H3. The Kier molecular flexibility index (Phi) is 6.10. The summed E-state index contributed by atoms with van der Waals surface area (Å²) in [6, 6.07) is 3.59. The summed E-state index contributed by atoms with van der Waals surface area (Å²) >= 11 is 3.40. The molecule has 2 aromatic heterocycles. The molecule has 1 aliphatic rings. The first-order valence-corrected chi connectivity index (χ1v) is 9.65. The third kappa shape index (κ3) is 4.29. The van der Waals surface area contributed by atoms with Crippen LogP contribution in [0.15, 0.2) is 33.8 Å². The second-order valence-corrected chi connectivity index (χ2v) is 7.02. The van der Waals surface area contributed by atoms with Crippen LogP contribution in [0.1, 0.15) is 23.7 Å². The molecule has 3 rings (SSSR count). The quantitative estimate of drug-likeness (QED) is 0.677. The van der Waals surface area contributed by atoms with Crippen LogP contribution in [0.25, 0.3) is 0 Å². The highest BCUT2D eigenvalue weighted by Gasteiger charge is 2.20. The smallest absolute Gasteiger partial charge is 0.339 e. The Labute approximate surface area is 165 Å². The molecule has 0 aromatic carbocycles. The zero-order valence-electron chi connectivity index (χ0n) is 15.4. The molecule has 0 spiro atoms. The number of ether oxygens (including phenoxy) is 1. The van der Waals surface area contributed by atoms with Crippen LogP contribution in [0.5, 0.6) is 0 Å². The number of aromatic nitrogens is 3. The van der Waals surface area contributed by atoms with Crippen LogP contribution in [-0.4, -0.2) is 53.5 Å². The molecular formula is C18H22BrN5O3. The topological polar surface area (TPSA) is 80.6 Å². The third-order valence-electron chi connectivity index (χ3n) is 4.48. The van der Waals surface area contributed by atoms with Gasteiger partial charge in [-0.2, -0.15) is 5.10 Å². The molecular weight excluding hydrogens is 414 g/mol. The lowest BCUT2D eigenvalue weighted by Crippen LogP contribution is -2.33. The monoisotopic (exact) mass is 435 g/mol. The van der Waals surface area contributed by atoms with Crippen LogP contribution in [-0.2, 0) is 11.8 Å². The van der Waals surface area contributed by atoms with Crippen molar-refractivity contribution in [1.29, 1.82) is 0 Å². The molecule has 0 amide bonds. The van der Waals surface area contributed by atoms with Crippen molar-refractivity contribution in [2.45, 2.75) is 13.3 Å². The predicted octanol–water partition coefficient (Wildman–Crippen LogP) is 1.83. The molecule has 144 valence electrons. The molecule has 1 saturated heterocycles. The van der Waals surface area contributed by atoms with E-state index >= 15 is 0 Å². The average Bonchev–Trinajstić information content (AvgIpc) is 2.93. The van der Waals surface area contributed by atoms with E-state index in [-0.39, 0.29) is 11.5 Å². The maximum Gasteiger partial charge on any atom is 0.339 e. The summed E-state index contributed by atoms with van der Waals surface area (Å²) in [5.74, 6) is 0.465. The summed E-state index contributed by atoms with van der Waals surface area (Å²) in [5.41, 5.74) is 1.11. The number of pyridine rings is 1. The van der Waals surface area contributed by atoms with Gasteiger partial charge in [-0.25, -0.2) is 14.5 Å². The molecule has 3 heterocycles. The number of nitrogens with zero attached hydrogens (tertiary/aromatic N) is 5. The lowest BCUT2D eigenvalue weighted by Gasteiger charge is -2.24. The van der Waals surface area contributed by atoms with E-state index in [0.29, 0.717) is 16.6 Å². The van der Waals surface area contributed by atoms with E-state index in [1.165, 1.54) is 4.68 Å².